The predicted octanol–water partition coefficient (Wildman–Crippen LogP) is 3.18. The minimum Gasteiger partial charge on any atom is -0.399 e. The highest BCUT2D eigenvalue weighted by Crippen LogP contribution is 2.20. The van der Waals surface area contributed by atoms with Crippen molar-refractivity contribution in [2.24, 2.45) is 0 Å². The molecule has 0 amide bonds. The van der Waals surface area contributed by atoms with Crippen LogP contribution >= 0.6 is 0 Å². The maximum atomic E-state index is 13.5. The summed E-state index contributed by atoms with van der Waals surface area (Å²) in [7, 11) is 1.76. The number of nitrogen functional groups attached to an aromatic ring is 1. The van der Waals surface area contributed by atoms with Crippen molar-refractivity contribution >= 4 is 11.4 Å². The van der Waals surface area contributed by atoms with E-state index in [1.54, 1.807) is 30.1 Å². The van der Waals surface area contributed by atoms with Gasteiger partial charge in [0.1, 0.15) is 11.6 Å². The van der Waals surface area contributed by atoms with Gasteiger partial charge in [-0.2, -0.15) is 0 Å². The summed E-state index contributed by atoms with van der Waals surface area (Å²) in [6, 6.07) is 11.0. The molecule has 2 rings (SSSR count). The number of hydrogen-bond acceptors (Lipinski definition) is 2. The van der Waals surface area contributed by atoms with Crippen molar-refractivity contribution in [2.45, 2.75) is 6.54 Å². The van der Waals surface area contributed by atoms with Gasteiger partial charge in [0.05, 0.1) is 0 Å². The van der Waals surface area contributed by atoms with Gasteiger partial charge in [-0.05, 0) is 30.3 Å². The molecule has 0 saturated carbocycles. The van der Waals surface area contributed by atoms with E-state index in [1.807, 2.05) is 6.07 Å². The van der Waals surface area contributed by atoms with Crippen molar-refractivity contribution in [1.29, 1.82) is 0 Å². The van der Waals surface area contributed by atoms with E-state index in [4.69, 9.17) is 5.73 Å². The molecule has 18 heavy (non-hydrogen) atoms. The molecule has 0 aromatic heterocycles. The molecule has 0 unspecified atom stereocenters. The Bertz CT molecular complexity index is 535. The maximum Gasteiger partial charge on any atom is 0.131 e. The molecule has 0 bridgehead atoms. The van der Waals surface area contributed by atoms with Gasteiger partial charge in [0.2, 0.25) is 0 Å². The molecule has 0 atom stereocenters. The van der Waals surface area contributed by atoms with E-state index in [0.717, 1.165) is 5.69 Å². The van der Waals surface area contributed by atoms with Crippen LogP contribution in [0, 0.1) is 11.6 Å². The minimum absolute atomic E-state index is 0.0578. The van der Waals surface area contributed by atoms with Crippen LogP contribution in [0.15, 0.2) is 42.5 Å². The largest absolute Gasteiger partial charge is 0.399 e. The lowest BCUT2D eigenvalue weighted by atomic mass is 10.1. The first-order valence-corrected chi connectivity index (χ1v) is 5.57. The standard InChI is InChI=1S/C14H14F2N2/c1-18(11-5-2-4-10(17)8-11)9-12-13(15)6-3-7-14(12)16/h2-8H,9,17H2,1H3. The summed E-state index contributed by atoms with van der Waals surface area (Å²) < 4.78 is 27.0. The van der Waals surface area contributed by atoms with Crippen LogP contribution in [0.3, 0.4) is 0 Å². The Morgan fingerprint density at radius 2 is 1.67 bits per heavy atom. The molecule has 0 saturated heterocycles. The van der Waals surface area contributed by atoms with E-state index in [0.29, 0.717) is 5.69 Å². The molecule has 0 aliphatic heterocycles. The van der Waals surface area contributed by atoms with E-state index in [2.05, 4.69) is 0 Å². The quantitative estimate of drug-likeness (QED) is 0.845. The molecule has 0 aliphatic carbocycles. The van der Waals surface area contributed by atoms with Crippen molar-refractivity contribution < 1.29 is 8.78 Å². The highest BCUT2D eigenvalue weighted by atomic mass is 19.1. The zero-order valence-electron chi connectivity index (χ0n) is 10.0. The van der Waals surface area contributed by atoms with Crippen LogP contribution in [0.2, 0.25) is 0 Å². The third kappa shape index (κ3) is 2.59. The lowest BCUT2D eigenvalue weighted by Crippen LogP contribution is -2.18. The first-order chi connectivity index (χ1) is 8.58. The number of hydrogen-bond donors (Lipinski definition) is 1. The molecule has 2 N–H and O–H groups in total. The SMILES string of the molecule is CN(Cc1c(F)cccc1F)c1cccc(N)c1. The summed E-state index contributed by atoms with van der Waals surface area (Å²) in [4.78, 5) is 1.75. The average molecular weight is 248 g/mol. The van der Waals surface area contributed by atoms with Crippen molar-refractivity contribution in [2.75, 3.05) is 17.7 Å². The molecule has 4 heteroatoms. The van der Waals surface area contributed by atoms with Crippen molar-refractivity contribution in [3.63, 3.8) is 0 Å². The molecule has 0 aliphatic rings. The lowest BCUT2D eigenvalue weighted by Gasteiger charge is -2.20. The fraction of sp³-hybridized carbons (Fsp3) is 0.143. The summed E-state index contributed by atoms with van der Waals surface area (Å²) >= 11 is 0. The van der Waals surface area contributed by atoms with E-state index in [1.165, 1.54) is 18.2 Å². The normalized spacial score (nSPS) is 10.4. The molecular weight excluding hydrogens is 234 g/mol. The molecule has 0 fully saturated rings. The first kappa shape index (κ1) is 12.4. The fourth-order valence-corrected chi connectivity index (χ4v) is 1.77. The Hall–Kier alpha value is -2.10. The molecule has 0 radical (unpaired) electrons. The zero-order valence-corrected chi connectivity index (χ0v) is 10.0. The van der Waals surface area contributed by atoms with Gasteiger partial charge in [0.15, 0.2) is 0 Å². The highest BCUT2D eigenvalue weighted by molar-refractivity contribution is 5.55. The average Bonchev–Trinajstić information content (AvgIpc) is 2.34. The summed E-state index contributed by atoms with van der Waals surface area (Å²) in [5.74, 6) is -1.07. The van der Waals surface area contributed by atoms with Crippen LogP contribution in [0.5, 0.6) is 0 Å². The maximum absolute atomic E-state index is 13.5. The van der Waals surface area contributed by atoms with Gasteiger partial charge in [-0.15, -0.1) is 0 Å². The molecule has 0 heterocycles. The van der Waals surface area contributed by atoms with Gasteiger partial charge in [-0.1, -0.05) is 12.1 Å². The van der Waals surface area contributed by atoms with Crippen molar-refractivity contribution in [1.82, 2.24) is 0 Å². The molecule has 94 valence electrons. The lowest BCUT2D eigenvalue weighted by molar-refractivity contribution is 0.554. The number of nitrogens with zero attached hydrogens (tertiary/aromatic N) is 1. The monoisotopic (exact) mass is 248 g/mol. The van der Waals surface area contributed by atoms with E-state index >= 15 is 0 Å². The van der Waals surface area contributed by atoms with E-state index < -0.39 is 11.6 Å². The van der Waals surface area contributed by atoms with Gasteiger partial charge < -0.3 is 10.6 Å². The van der Waals surface area contributed by atoms with Crippen LogP contribution in [0.4, 0.5) is 20.2 Å². The smallest absolute Gasteiger partial charge is 0.131 e. The summed E-state index contributed by atoms with van der Waals surface area (Å²) in [5, 5.41) is 0. The van der Waals surface area contributed by atoms with Gasteiger partial charge >= 0.3 is 0 Å². The number of rotatable bonds is 3. The van der Waals surface area contributed by atoms with Crippen molar-refractivity contribution in [3.8, 4) is 0 Å². The zero-order chi connectivity index (χ0) is 13.1. The third-order valence-corrected chi connectivity index (χ3v) is 2.77. The molecular formula is C14H14F2N2. The van der Waals surface area contributed by atoms with E-state index in [9.17, 15) is 8.78 Å². The summed E-state index contributed by atoms with van der Waals surface area (Å²) in [6.07, 6.45) is 0. The molecule has 2 nitrogen and oxygen atoms in total. The molecule has 2 aromatic carbocycles. The predicted molar refractivity (Wildman–Crippen MR) is 69.3 cm³/mol. The van der Waals surface area contributed by atoms with Crippen LogP contribution in [0.25, 0.3) is 0 Å². The Kier molecular flexibility index (Phi) is 3.46. The van der Waals surface area contributed by atoms with Gasteiger partial charge in [0.25, 0.3) is 0 Å². The number of halogens is 2. The Morgan fingerprint density at radius 3 is 2.28 bits per heavy atom. The van der Waals surface area contributed by atoms with Gasteiger partial charge in [-0.3, -0.25) is 0 Å². The second-order valence-corrected chi connectivity index (χ2v) is 4.15. The molecule has 0 spiro atoms. The fourth-order valence-electron chi connectivity index (χ4n) is 1.77. The number of benzene rings is 2. The van der Waals surface area contributed by atoms with E-state index in [-0.39, 0.29) is 12.1 Å². The minimum atomic E-state index is -0.536. The highest BCUT2D eigenvalue weighted by Gasteiger charge is 2.11. The third-order valence-electron chi connectivity index (χ3n) is 2.77. The molecule has 2 aromatic rings. The van der Waals surface area contributed by atoms with Crippen LogP contribution in [-0.4, -0.2) is 7.05 Å². The topological polar surface area (TPSA) is 29.3 Å². The van der Waals surface area contributed by atoms with Gasteiger partial charge in [-0.25, -0.2) is 8.78 Å². The number of nitrogens with two attached hydrogens (primary N) is 1. The Morgan fingerprint density at radius 1 is 1.06 bits per heavy atom. The number of anilines is 2. The summed E-state index contributed by atoms with van der Waals surface area (Å²) in [5.41, 5.74) is 7.17. The first-order valence-electron chi connectivity index (χ1n) is 5.57. The second-order valence-electron chi connectivity index (χ2n) is 4.15. The van der Waals surface area contributed by atoms with Crippen LogP contribution < -0.4 is 10.6 Å². The summed E-state index contributed by atoms with van der Waals surface area (Å²) in [6.45, 7) is 0.155. The Labute approximate surface area is 105 Å². The van der Waals surface area contributed by atoms with Crippen molar-refractivity contribution in [3.05, 3.63) is 59.7 Å². The Balaban J connectivity index is 2.24. The van der Waals surface area contributed by atoms with Gasteiger partial charge in [0, 0.05) is 30.5 Å². The van der Waals surface area contributed by atoms with Crippen LogP contribution in [0.1, 0.15) is 5.56 Å². The second kappa shape index (κ2) is 5.04. The van der Waals surface area contributed by atoms with Crippen LogP contribution in [-0.2, 0) is 6.54 Å².